The maximum Gasteiger partial charge on any atom is 0.153 e. The molecule has 0 bridgehead atoms. The summed E-state index contributed by atoms with van der Waals surface area (Å²) in [7, 11) is 0. The molecule has 0 saturated heterocycles. The molecule has 3 heterocycles. The minimum absolute atomic E-state index is 0.814. The Labute approximate surface area is 192 Å². The second kappa shape index (κ2) is 7.45. The van der Waals surface area contributed by atoms with Crippen LogP contribution in [-0.4, -0.2) is 14.5 Å². The van der Waals surface area contributed by atoms with Crippen molar-refractivity contribution in [2.45, 2.75) is 20.8 Å². The Morgan fingerprint density at radius 2 is 1.58 bits per heavy atom. The number of fused-ring (bicyclic) bond motifs is 3. The van der Waals surface area contributed by atoms with Crippen LogP contribution in [-0.2, 0) is 0 Å². The highest BCUT2D eigenvalue weighted by molar-refractivity contribution is 6.04. The number of pyridine rings is 1. The Hall–Kier alpha value is -4.18. The van der Waals surface area contributed by atoms with Gasteiger partial charge in [0.15, 0.2) is 5.58 Å². The van der Waals surface area contributed by atoms with E-state index in [1.54, 1.807) is 0 Å². The first kappa shape index (κ1) is 19.5. The topological polar surface area (TPSA) is 43.9 Å². The van der Waals surface area contributed by atoms with Gasteiger partial charge in [-0.2, -0.15) is 0 Å². The van der Waals surface area contributed by atoms with Gasteiger partial charge in [0.05, 0.1) is 5.69 Å². The van der Waals surface area contributed by atoms with Crippen LogP contribution >= 0.6 is 0 Å². The predicted molar refractivity (Wildman–Crippen MR) is 134 cm³/mol. The summed E-state index contributed by atoms with van der Waals surface area (Å²) in [6.07, 6.45) is 5.73. The van der Waals surface area contributed by atoms with Crippen molar-refractivity contribution in [2.75, 3.05) is 0 Å². The van der Waals surface area contributed by atoms with Gasteiger partial charge in [0.25, 0.3) is 0 Å². The summed E-state index contributed by atoms with van der Waals surface area (Å²) in [5.74, 6) is 0.942. The van der Waals surface area contributed by atoms with Gasteiger partial charge in [-0.3, -0.25) is 9.55 Å². The Morgan fingerprint density at radius 1 is 0.727 bits per heavy atom. The largest absolute Gasteiger partial charge is 0.454 e. The van der Waals surface area contributed by atoms with Crippen molar-refractivity contribution in [2.24, 2.45) is 0 Å². The molecular formula is C29H23N3O. The molecule has 0 aliphatic carbocycles. The lowest BCUT2D eigenvalue weighted by Gasteiger charge is -2.20. The zero-order valence-corrected chi connectivity index (χ0v) is 18.8. The lowest BCUT2D eigenvalue weighted by Crippen LogP contribution is -2.04. The summed E-state index contributed by atoms with van der Waals surface area (Å²) < 4.78 is 8.20. The first-order chi connectivity index (χ1) is 16.1. The molecular weight excluding hydrogens is 406 g/mol. The molecule has 0 unspecified atom stereocenters. The fourth-order valence-electron chi connectivity index (χ4n) is 5.03. The zero-order valence-electron chi connectivity index (χ0n) is 18.8. The predicted octanol–water partition coefficient (Wildman–Crippen LogP) is 7.43. The standard InChI is InChI=1S/C29H23N3O/c1-18-16-19(2)28(32-15-14-31-29(32)21-8-5-4-6-9-21)20(3)26(18)22-11-12-24-23(17-22)27-25(33-24)10-7-13-30-27/h4-17H,1-3H3. The zero-order chi connectivity index (χ0) is 22.5. The molecule has 160 valence electrons. The third-order valence-corrected chi connectivity index (χ3v) is 6.36. The average molecular weight is 430 g/mol. The fraction of sp³-hybridized carbons (Fsp3) is 0.103. The van der Waals surface area contributed by atoms with E-state index in [-0.39, 0.29) is 0 Å². The van der Waals surface area contributed by atoms with Crippen LogP contribution in [0.3, 0.4) is 0 Å². The van der Waals surface area contributed by atoms with E-state index >= 15 is 0 Å². The van der Waals surface area contributed by atoms with Crippen LogP contribution in [0.1, 0.15) is 16.7 Å². The summed E-state index contributed by atoms with van der Waals surface area (Å²) in [6, 6.07) is 22.9. The van der Waals surface area contributed by atoms with Gasteiger partial charge in [0.1, 0.15) is 16.9 Å². The molecule has 4 heteroatoms. The van der Waals surface area contributed by atoms with Crippen LogP contribution in [0.4, 0.5) is 0 Å². The molecule has 6 rings (SSSR count). The Morgan fingerprint density at radius 3 is 2.42 bits per heavy atom. The number of nitrogens with zero attached hydrogens (tertiary/aromatic N) is 3. The number of aromatic nitrogens is 3. The van der Waals surface area contributed by atoms with Crippen molar-refractivity contribution in [3.05, 3.63) is 102 Å². The minimum atomic E-state index is 0.814. The molecule has 0 N–H and O–H groups in total. The molecule has 0 radical (unpaired) electrons. The van der Waals surface area contributed by atoms with Gasteiger partial charge in [-0.15, -0.1) is 0 Å². The van der Waals surface area contributed by atoms with Gasteiger partial charge in [0, 0.05) is 29.5 Å². The average Bonchev–Trinajstić information content (AvgIpc) is 3.44. The van der Waals surface area contributed by atoms with E-state index < -0.39 is 0 Å². The van der Waals surface area contributed by atoms with E-state index in [0.29, 0.717) is 0 Å². The molecule has 3 aromatic heterocycles. The third kappa shape index (κ3) is 3.06. The molecule has 6 aromatic rings. The van der Waals surface area contributed by atoms with Crippen molar-refractivity contribution >= 4 is 22.1 Å². The van der Waals surface area contributed by atoms with E-state index in [1.807, 2.05) is 48.9 Å². The first-order valence-corrected chi connectivity index (χ1v) is 11.1. The molecule has 0 amide bonds. The molecule has 33 heavy (non-hydrogen) atoms. The van der Waals surface area contributed by atoms with Crippen molar-refractivity contribution in [1.82, 2.24) is 14.5 Å². The summed E-state index contributed by atoms with van der Waals surface area (Å²) in [5, 5.41) is 1.04. The molecule has 0 atom stereocenters. The van der Waals surface area contributed by atoms with Crippen LogP contribution in [0.15, 0.2) is 89.7 Å². The van der Waals surface area contributed by atoms with Gasteiger partial charge in [0.2, 0.25) is 0 Å². The first-order valence-electron chi connectivity index (χ1n) is 11.1. The van der Waals surface area contributed by atoms with Gasteiger partial charge >= 0.3 is 0 Å². The molecule has 0 aliphatic rings. The summed E-state index contributed by atoms with van der Waals surface area (Å²) >= 11 is 0. The molecule has 3 aromatic carbocycles. The third-order valence-electron chi connectivity index (χ3n) is 6.36. The summed E-state index contributed by atoms with van der Waals surface area (Å²) in [6.45, 7) is 6.56. The van der Waals surface area contributed by atoms with Crippen LogP contribution in [0, 0.1) is 20.8 Å². The highest BCUT2D eigenvalue weighted by Gasteiger charge is 2.18. The number of rotatable bonds is 3. The van der Waals surface area contributed by atoms with Crippen molar-refractivity contribution < 1.29 is 4.42 Å². The number of benzene rings is 3. The number of hydrogen-bond acceptors (Lipinski definition) is 3. The van der Waals surface area contributed by atoms with E-state index in [9.17, 15) is 0 Å². The lowest BCUT2D eigenvalue weighted by molar-refractivity contribution is 0.668. The Kier molecular flexibility index (Phi) is 4.40. The van der Waals surface area contributed by atoms with E-state index in [4.69, 9.17) is 4.42 Å². The smallest absolute Gasteiger partial charge is 0.153 e. The van der Waals surface area contributed by atoms with Crippen LogP contribution in [0.25, 0.3) is 50.3 Å². The van der Waals surface area contributed by atoms with Crippen molar-refractivity contribution in [1.29, 1.82) is 0 Å². The molecule has 0 fully saturated rings. The number of aryl methyl sites for hydroxylation is 2. The van der Waals surface area contributed by atoms with Crippen molar-refractivity contribution in [3.63, 3.8) is 0 Å². The second-order valence-corrected chi connectivity index (χ2v) is 8.51. The van der Waals surface area contributed by atoms with E-state index in [0.717, 1.165) is 39.0 Å². The van der Waals surface area contributed by atoms with E-state index in [1.165, 1.54) is 27.9 Å². The van der Waals surface area contributed by atoms with E-state index in [2.05, 4.69) is 71.7 Å². The number of hydrogen-bond donors (Lipinski definition) is 0. The normalized spacial score (nSPS) is 11.5. The Balaban J connectivity index is 1.58. The summed E-state index contributed by atoms with van der Waals surface area (Å²) in [5.41, 5.74) is 10.9. The van der Waals surface area contributed by atoms with Gasteiger partial charge in [-0.1, -0.05) is 42.5 Å². The number of imidazole rings is 1. The molecule has 0 aliphatic heterocycles. The molecule has 0 spiro atoms. The van der Waals surface area contributed by atoms with Gasteiger partial charge in [-0.25, -0.2) is 4.98 Å². The SMILES string of the molecule is Cc1cc(C)c(-n2ccnc2-c2ccccc2)c(C)c1-c1ccc2oc3cccnc3c2c1. The van der Waals surface area contributed by atoms with Gasteiger partial charge in [-0.05, 0) is 72.9 Å². The van der Waals surface area contributed by atoms with Crippen molar-refractivity contribution in [3.8, 4) is 28.2 Å². The second-order valence-electron chi connectivity index (χ2n) is 8.51. The Bertz CT molecular complexity index is 1640. The summed E-state index contributed by atoms with van der Waals surface area (Å²) in [4.78, 5) is 9.24. The van der Waals surface area contributed by atoms with Crippen LogP contribution in [0.5, 0.6) is 0 Å². The van der Waals surface area contributed by atoms with Crippen LogP contribution < -0.4 is 0 Å². The highest BCUT2D eigenvalue weighted by atomic mass is 16.3. The quantitative estimate of drug-likeness (QED) is 0.294. The molecule has 4 nitrogen and oxygen atoms in total. The highest BCUT2D eigenvalue weighted by Crippen LogP contribution is 2.38. The van der Waals surface area contributed by atoms with Gasteiger partial charge < -0.3 is 4.42 Å². The van der Waals surface area contributed by atoms with Crippen LogP contribution in [0.2, 0.25) is 0 Å². The maximum absolute atomic E-state index is 6.00. The monoisotopic (exact) mass is 429 g/mol. The maximum atomic E-state index is 6.00. The lowest BCUT2D eigenvalue weighted by atomic mass is 9.91. The minimum Gasteiger partial charge on any atom is -0.454 e. The molecule has 0 saturated carbocycles. The fourth-order valence-corrected chi connectivity index (χ4v) is 5.03. The number of furan rings is 1.